The van der Waals surface area contributed by atoms with Crippen molar-refractivity contribution in [1.82, 2.24) is 30.0 Å². The van der Waals surface area contributed by atoms with Gasteiger partial charge in [0, 0.05) is 26.2 Å². The number of piperazine rings is 1. The topological polar surface area (TPSA) is 80.3 Å². The lowest BCUT2D eigenvalue weighted by Gasteiger charge is -2.44. The first-order chi connectivity index (χ1) is 14.5. The molecule has 1 saturated heterocycles. The number of para-hydroxylation sites is 1. The van der Waals surface area contributed by atoms with Crippen LogP contribution in [0.5, 0.6) is 0 Å². The Kier molecular flexibility index (Phi) is 5.42. The van der Waals surface area contributed by atoms with Gasteiger partial charge in [-0.3, -0.25) is 9.69 Å². The van der Waals surface area contributed by atoms with Crippen LogP contribution in [0.3, 0.4) is 0 Å². The van der Waals surface area contributed by atoms with Gasteiger partial charge in [0.2, 0.25) is 0 Å². The molecule has 30 heavy (non-hydrogen) atoms. The van der Waals surface area contributed by atoms with Crippen LogP contribution >= 0.6 is 0 Å². The van der Waals surface area contributed by atoms with Crippen molar-refractivity contribution in [3.8, 4) is 5.69 Å². The molecule has 4 rings (SSSR count). The SMILES string of the molecule is CC[C@](C)(c1nnnn1-c1c(C)cccc1C)N1CCN(C(=O)c2ccco2)CC1. The molecule has 3 aromatic rings. The fourth-order valence-corrected chi connectivity index (χ4v) is 4.30. The number of amides is 1. The van der Waals surface area contributed by atoms with Gasteiger partial charge in [-0.05, 0) is 60.9 Å². The quantitative estimate of drug-likeness (QED) is 0.646. The molecule has 1 aliphatic rings. The maximum Gasteiger partial charge on any atom is 0.289 e. The van der Waals surface area contributed by atoms with E-state index >= 15 is 0 Å². The normalized spacial score (nSPS) is 17.1. The van der Waals surface area contributed by atoms with E-state index in [-0.39, 0.29) is 11.4 Å². The summed E-state index contributed by atoms with van der Waals surface area (Å²) in [5, 5.41) is 12.8. The number of nitrogens with zero attached hydrogens (tertiary/aromatic N) is 6. The second kappa shape index (κ2) is 8.02. The van der Waals surface area contributed by atoms with Crippen LogP contribution in [-0.2, 0) is 5.54 Å². The molecule has 1 amide bonds. The first kappa shape index (κ1) is 20.3. The second-order valence-electron chi connectivity index (χ2n) is 8.04. The number of tetrazole rings is 1. The van der Waals surface area contributed by atoms with Crippen LogP contribution in [0.15, 0.2) is 41.0 Å². The van der Waals surface area contributed by atoms with Crippen LogP contribution < -0.4 is 0 Å². The summed E-state index contributed by atoms with van der Waals surface area (Å²) in [4.78, 5) is 16.8. The summed E-state index contributed by atoms with van der Waals surface area (Å²) in [7, 11) is 0. The lowest BCUT2D eigenvalue weighted by atomic mass is 9.93. The van der Waals surface area contributed by atoms with Crippen molar-refractivity contribution in [1.29, 1.82) is 0 Å². The van der Waals surface area contributed by atoms with Gasteiger partial charge in [0.1, 0.15) is 0 Å². The van der Waals surface area contributed by atoms with Gasteiger partial charge < -0.3 is 9.32 Å². The molecule has 0 spiro atoms. The van der Waals surface area contributed by atoms with E-state index in [1.165, 1.54) is 6.26 Å². The van der Waals surface area contributed by atoms with Crippen molar-refractivity contribution in [2.24, 2.45) is 0 Å². The third kappa shape index (κ3) is 3.41. The Hall–Kier alpha value is -3.00. The van der Waals surface area contributed by atoms with Gasteiger partial charge in [-0.1, -0.05) is 25.1 Å². The van der Waals surface area contributed by atoms with Gasteiger partial charge in [-0.25, -0.2) is 0 Å². The fourth-order valence-electron chi connectivity index (χ4n) is 4.30. The number of aryl methyl sites for hydroxylation is 2. The highest BCUT2D eigenvalue weighted by molar-refractivity contribution is 5.91. The average Bonchev–Trinajstić information content (AvgIpc) is 3.45. The zero-order valence-electron chi connectivity index (χ0n) is 18.0. The van der Waals surface area contributed by atoms with Crippen molar-refractivity contribution in [3.05, 3.63) is 59.3 Å². The fraction of sp³-hybridized carbons (Fsp3) is 0.455. The Balaban J connectivity index is 1.59. The van der Waals surface area contributed by atoms with Gasteiger partial charge >= 0.3 is 0 Å². The Morgan fingerprint density at radius 2 is 1.80 bits per heavy atom. The lowest BCUT2D eigenvalue weighted by Crippen LogP contribution is -2.56. The maximum atomic E-state index is 12.6. The van der Waals surface area contributed by atoms with Crippen LogP contribution in [-0.4, -0.2) is 62.1 Å². The van der Waals surface area contributed by atoms with Gasteiger partial charge in [-0.15, -0.1) is 5.10 Å². The number of carbonyl (C=O) groups is 1. The summed E-state index contributed by atoms with van der Waals surface area (Å²) in [5.41, 5.74) is 2.95. The Labute approximate surface area is 176 Å². The van der Waals surface area contributed by atoms with E-state index in [1.54, 1.807) is 12.1 Å². The minimum Gasteiger partial charge on any atom is -0.459 e. The highest BCUT2D eigenvalue weighted by atomic mass is 16.3. The zero-order valence-corrected chi connectivity index (χ0v) is 18.0. The van der Waals surface area contributed by atoms with E-state index in [2.05, 4.69) is 60.3 Å². The largest absolute Gasteiger partial charge is 0.459 e. The van der Waals surface area contributed by atoms with Gasteiger partial charge in [0.25, 0.3) is 5.91 Å². The molecule has 158 valence electrons. The van der Waals surface area contributed by atoms with Crippen LogP contribution in [0.1, 0.15) is 47.8 Å². The standard InChI is InChI=1S/C22H28N6O2/c1-5-22(4,21-23-24-25-28(21)19-16(2)8-6-9-17(19)3)27-13-11-26(12-14-27)20(29)18-10-7-15-30-18/h6-10,15H,5,11-14H2,1-4H3/t22-/m1/s1. The molecule has 3 heterocycles. The Morgan fingerprint density at radius 1 is 1.10 bits per heavy atom. The number of hydrogen-bond acceptors (Lipinski definition) is 6. The predicted octanol–water partition coefficient (Wildman–Crippen LogP) is 2.96. The molecule has 8 heteroatoms. The molecule has 8 nitrogen and oxygen atoms in total. The minimum absolute atomic E-state index is 0.0572. The van der Waals surface area contributed by atoms with Crippen molar-refractivity contribution in [2.75, 3.05) is 26.2 Å². The molecular weight excluding hydrogens is 380 g/mol. The van der Waals surface area contributed by atoms with Crippen LogP contribution in [0.25, 0.3) is 5.69 Å². The van der Waals surface area contributed by atoms with Gasteiger partial charge in [0.15, 0.2) is 11.6 Å². The number of aromatic nitrogens is 4. The average molecular weight is 409 g/mol. The molecule has 0 N–H and O–H groups in total. The third-order valence-corrected chi connectivity index (χ3v) is 6.29. The minimum atomic E-state index is -0.349. The smallest absolute Gasteiger partial charge is 0.289 e. The molecule has 0 unspecified atom stereocenters. The molecular formula is C22H28N6O2. The molecule has 1 aromatic carbocycles. The van der Waals surface area contributed by atoms with Crippen molar-refractivity contribution in [3.63, 3.8) is 0 Å². The van der Waals surface area contributed by atoms with E-state index in [0.29, 0.717) is 18.8 Å². The van der Waals surface area contributed by atoms with E-state index in [1.807, 2.05) is 15.6 Å². The van der Waals surface area contributed by atoms with E-state index < -0.39 is 0 Å². The molecule has 0 bridgehead atoms. The predicted molar refractivity (Wildman–Crippen MR) is 112 cm³/mol. The first-order valence-corrected chi connectivity index (χ1v) is 10.4. The van der Waals surface area contributed by atoms with Crippen molar-refractivity contribution in [2.45, 2.75) is 39.7 Å². The molecule has 1 aliphatic heterocycles. The Morgan fingerprint density at radius 3 is 2.40 bits per heavy atom. The molecule has 0 saturated carbocycles. The van der Waals surface area contributed by atoms with Crippen LogP contribution in [0.4, 0.5) is 0 Å². The number of rotatable bonds is 5. The third-order valence-electron chi connectivity index (χ3n) is 6.29. The summed E-state index contributed by atoms with van der Waals surface area (Å²) in [5.74, 6) is 1.16. The van der Waals surface area contributed by atoms with E-state index in [0.717, 1.165) is 42.1 Å². The maximum absolute atomic E-state index is 12.6. The highest BCUT2D eigenvalue weighted by Gasteiger charge is 2.40. The summed E-state index contributed by atoms with van der Waals surface area (Å²) < 4.78 is 7.16. The zero-order chi connectivity index (χ0) is 21.3. The second-order valence-corrected chi connectivity index (χ2v) is 8.04. The van der Waals surface area contributed by atoms with Gasteiger partial charge in [-0.2, -0.15) is 4.68 Å². The van der Waals surface area contributed by atoms with E-state index in [4.69, 9.17) is 4.42 Å². The molecule has 0 radical (unpaired) electrons. The molecule has 1 fully saturated rings. The number of benzene rings is 1. The monoisotopic (exact) mass is 408 g/mol. The lowest BCUT2D eigenvalue weighted by molar-refractivity contribution is 0.0251. The van der Waals surface area contributed by atoms with Crippen molar-refractivity contribution < 1.29 is 9.21 Å². The Bertz CT molecular complexity index is 1000. The molecule has 2 aromatic heterocycles. The molecule has 0 aliphatic carbocycles. The van der Waals surface area contributed by atoms with Crippen molar-refractivity contribution >= 4 is 5.91 Å². The number of carbonyl (C=O) groups excluding carboxylic acids is 1. The summed E-state index contributed by atoms with van der Waals surface area (Å²) >= 11 is 0. The van der Waals surface area contributed by atoms with E-state index in [9.17, 15) is 4.79 Å². The first-order valence-electron chi connectivity index (χ1n) is 10.4. The summed E-state index contributed by atoms with van der Waals surface area (Å²) in [6.45, 7) is 11.3. The number of furan rings is 1. The molecule has 1 atom stereocenters. The number of hydrogen-bond donors (Lipinski definition) is 0. The van der Waals surface area contributed by atoms with Crippen LogP contribution in [0.2, 0.25) is 0 Å². The van der Waals surface area contributed by atoms with Crippen LogP contribution in [0, 0.1) is 13.8 Å². The highest BCUT2D eigenvalue weighted by Crippen LogP contribution is 2.33. The summed E-state index contributed by atoms with van der Waals surface area (Å²) in [6, 6.07) is 9.66. The van der Waals surface area contributed by atoms with Gasteiger partial charge in [0.05, 0.1) is 17.5 Å². The summed E-state index contributed by atoms with van der Waals surface area (Å²) in [6.07, 6.45) is 2.38.